The van der Waals surface area contributed by atoms with E-state index >= 15 is 0 Å². The number of likely N-dealkylation sites (N-methyl/N-ethyl adjacent to an activating group) is 1. The van der Waals surface area contributed by atoms with Crippen molar-refractivity contribution in [3.8, 4) is 11.1 Å². The van der Waals surface area contributed by atoms with Crippen LogP contribution in [0, 0.1) is 5.82 Å². The van der Waals surface area contributed by atoms with E-state index in [-0.39, 0.29) is 11.7 Å². The first-order valence-corrected chi connectivity index (χ1v) is 11.6. The van der Waals surface area contributed by atoms with Gasteiger partial charge in [-0.25, -0.2) is 14.4 Å². The number of halogens is 1. The number of hydrogen-bond donors (Lipinski definition) is 2. The maximum Gasteiger partial charge on any atom is 0.247 e. The highest BCUT2D eigenvalue weighted by molar-refractivity contribution is 6.00. The minimum Gasteiger partial charge on any atom is -0.367 e. The SMILES string of the molecule is C=CC(=O)Nc1cncc(-c2cccc3cnc(Nc4ccc(N5CCN(C)CC5)c(F)c4)nc23)c1. The summed E-state index contributed by atoms with van der Waals surface area (Å²) in [5, 5.41) is 6.69. The first-order valence-electron chi connectivity index (χ1n) is 11.6. The van der Waals surface area contributed by atoms with E-state index in [2.05, 4.69) is 44.0 Å². The Balaban J connectivity index is 1.42. The number of fused-ring (bicyclic) bond motifs is 1. The normalized spacial score (nSPS) is 14.0. The standard InChI is InChI=1S/C27H26FN7O/c1-3-25(36)31-21-13-19(15-29-17-21)22-6-4-5-18-16-30-27(33-26(18)22)32-20-7-8-24(23(28)14-20)35-11-9-34(2)10-12-35/h3-8,13-17H,1,9-12H2,2H3,(H,31,36)(H,30,32,33). The van der Waals surface area contributed by atoms with Gasteiger partial charge in [0.25, 0.3) is 0 Å². The summed E-state index contributed by atoms with van der Waals surface area (Å²) in [5.41, 5.74) is 4.05. The van der Waals surface area contributed by atoms with E-state index in [0.29, 0.717) is 28.5 Å². The van der Waals surface area contributed by atoms with Crippen LogP contribution in [0.25, 0.3) is 22.0 Å². The zero-order valence-electron chi connectivity index (χ0n) is 19.9. The lowest BCUT2D eigenvalue weighted by Crippen LogP contribution is -2.44. The number of nitrogens with one attached hydrogen (secondary N) is 2. The van der Waals surface area contributed by atoms with Crippen LogP contribution in [0.3, 0.4) is 0 Å². The molecular formula is C27H26FN7O. The minimum atomic E-state index is -0.313. The Hall–Kier alpha value is -4.37. The fraction of sp³-hybridized carbons (Fsp3) is 0.185. The van der Waals surface area contributed by atoms with Crippen molar-refractivity contribution in [1.29, 1.82) is 0 Å². The van der Waals surface area contributed by atoms with Crippen molar-refractivity contribution >= 4 is 39.8 Å². The molecule has 4 aromatic rings. The summed E-state index contributed by atoms with van der Waals surface area (Å²) in [6, 6.07) is 12.7. The van der Waals surface area contributed by atoms with Crippen LogP contribution in [0.2, 0.25) is 0 Å². The number of pyridine rings is 1. The van der Waals surface area contributed by atoms with Gasteiger partial charge in [-0.15, -0.1) is 0 Å². The number of nitrogens with zero attached hydrogens (tertiary/aromatic N) is 5. The number of para-hydroxylation sites is 1. The number of piperazine rings is 1. The lowest BCUT2D eigenvalue weighted by molar-refractivity contribution is -0.111. The van der Waals surface area contributed by atoms with E-state index in [9.17, 15) is 9.18 Å². The molecule has 2 N–H and O–H groups in total. The first kappa shape index (κ1) is 23.4. The molecule has 3 heterocycles. The van der Waals surface area contributed by atoms with Crippen LogP contribution in [-0.4, -0.2) is 59.0 Å². The second-order valence-corrected chi connectivity index (χ2v) is 8.67. The zero-order valence-corrected chi connectivity index (χ0v) is 19.9. The average Bonchev–Trinajstić information content (AvgIpc) is 2.89. The van der Waals surface area contributed by atoms with Crippen LogP contribution in [0.15, 0.2) is 73.7 Å². The van der Waals surface area contributed by atoms with Crippen molar-refractivity contribution in [3.63, 3.8) is 0 Å². The molecule has 1 aliphatic heterocycles. The third kappa shape index (κ3) is 5.01. The number of anilines is 4. The van der Waals surface area contributed by atoms with Crippen molar-refractivity contribution in [2.45, 2.75) is 0 Å². The van der Waals surface area contributed by atoms with Gasteiger partial charge >= 0.3 is 0 Å². The van der Waals surface area contributed by atoms with Crippen LogP contribution in [0.1, 0.15) is 0 Å². The van der Waals surface area contributed by atoms with E-state index in [1.807, 2.05) is 30.3 Å². The van der Waals surface area contributed by atoms with Crippen LogP contribution in [0.5, 0.6) is 0 Å². The number of carbonyl (C=O) groups excluding carboxylic acids is 1. The molecule has 1 fully saturated rings. The number of carbonyl (C=O) groups is 1. The van der Waals surface area contributed by atoms with Gasteiger partial charge in [0.05, 0.1) is 23.1 Å². The van der Waals surface area contributed by atoms with Gasteiger partial charge < -0.3 is 20.4 Å². The van der Waals surface area contributed by atoms with Gasteiger partial charge in [-0.2, -0.15) is 0 Å². The third-order valence-electron chi connectivity index (χ3n) is 6.16. The Bertz CT molecular complexity index is 1430. The van der Waals surface area contributed by atoms with E-state index in [1.165, 1.54) is 12.1 Å². The summed E-state index contributed by atoms with van der Waals surface area (Å²) in [6.45, 7) is 6.88. The van der Waals surface area contributed by atoms with Crippen LogP contribution in [0.4, 0.5) is 27.4 Å². The van der Waals surface area contributed by atoms with Crippen molar-refractivity contribution in [2.75, 3.05) is 48.8 Å². The molecule has 2 aromatic carbocycles. The quantitative estimate of drug-likeness (QED) is 0.392. The van der Waals surface area contributed by atoms with Gasteiger partial charge in [-0.3, -0.25) is 9.78 Å². The highest BCUT2D eigenvalue weighted by Gasteiger charge is 2.18. The Morgan fingerprint density at radius 2 is 1.89 bits per heavy atom. The molecule has 0 saturated carbocycles. The van der Waals surface area contributed by atoms with Gasteiger partial charge in [-0.05, 0) is 37.4 Å². The molecule has 0 spiro atoms. The van der Waals surface area contributed by atoms with Crippen molar-refractivity contribution in [3.05, 3.63) is 79.5 Å². The largest absolute Gasteiger partial charge is 0.367 e. The van der Waals surface area contributed by atoms with E-state index in [1.54, 1.807) is 24.7 Å². The number of rotatable bonds is 6. The van der Waals surface area contributed by atoms with Gasteiger partial charge in [-0.1, -0.05) is 24.8 Å². The van der Waals surface area contributed by atoms with Crippen molar-refractivity contribution < 1.29 is 9.18 Å². The molecule has 0 bridgehead atoms. The van der Waals surface area contributed by atoms with Gasteiger partial charge in [0.1, 0.15) is 5.82 Å². The first-order chi connectivity index (χ1) is 17.5. The second kappa shape index (κ2) is 10.1. The summed E-state index contributed by atoms with van der Waals surface area (Å²) in [5.74, 6) is -0.243. The Labute approximate surface area is 208 Å². The molecule has 5 rings (SSSR count). The summed E-state index contributed by atoms with van der Waals surface area (Å²) in [6.07, 6.45) is 6.20. The summed E-state index contributed by atoms with van der Waals surface area (Å²) in [7, 11) is 2.07. The van der Waals surface area contributed by atoms with Crippen molar-refractivity contribution in [2.24, 2.45) is 0 Å². The molecule has 0 radical (unpaired) electrons. The number of aromatic nitrogens is 3. The molecule has 9 heteroatoms. The molecule has 182 valence electrons. The van der Waals surface area contributed by atoms with Crippen LogP contribution in [-0.2, 0) is 4.79 Å². The minimum absolute atomic E-state index is 0.282. The van der Waals surface area contributed by atoms with Gasteiger partial charge in [0, 0.05) is 60.8 Å². The lowest BCUT2D eigenvalue weighted by atomic mass is 10.0. The molecule has 36 heavy (non-hydrogen) atoms. The summed E-state index contributed by atoms with van der Waals surface area (Å²) >= 11 is 0. The van der Waals surface area contributed by atoms with Crippen LogP contribution < -0.4 is 15.5 Å². The monoisotopic (exact) mass is 483 g/mol. The molecule has 0 unspecified atom stereocenters. The molecule has 1 amide bonds. The van der Waals surface area contributed by atoms with Gasteiger partial charge in [0.2, 0.25) is 11.9 Å². The second-order valence-electron chi connectivity index (χ2n) is 8.67. The number of hydrogen-bond acceptors (Lipinski definition) is 7. The maximum atomic E-state index is 14.9. The fourth-order valence-corrected chi connectivity index (χ4v) is 4.22. The molecule has 0 aliphatic carbocycles. The molecule has 8 nitrogen and oxygen atoms in total. The molecule has 1 saturated heterocycles. The highest BCUT2D eigenvalue weighted by atomic mass is 19.1. The Morgan fingerprint density at radius 3 is 2.67 bits per heavy atom. The topological polar surface area (TPSA) is 86.3 Å². The van der Waals surface area contributed by atoms with E-state index in [4.69, 9.17) is 4.98 Å². The summed E-state index contributed by atoms with van der Waals surface area (Å²) < 4.78 is 14.9. The fourth-order valence-electron chi connectivity index (χ4n) is 4.22. The summed E-state index contributed by atoms with van der Waals surface area (Å²) in [4.78, 5) is 29.4. The van der Waals surface area contributed by atoms with Gasteiger partial charge in [0.15, 0.2) is 0 Å². The van der Waals surface area contributed by atoms with Crippen molar-refractivity contribution in [1.82, 2.24) is 19.9 Å². The number of amides is 1. The molecule has 2 aromatic heterocycles. The zero-order chi connectivity index (χ0) is 25.1. The molecule has 1 aliphatic rings. The lowest BCUT2D eigenvalue weighted by Gasteiger charge is -2.34. The van der Waals surface area contributed by atoms with Crippen LogP contribution >= 0.6 is 0 Å². The maximum absolute atomic E-state index is 14.9. The third-order valence-corrected chi connectivity index (χ3v) is 6.16. The smallest absolute Gasteiger partial charge is 0.247 e. The Kier molecular flexibility index (Phi) is 6.55. The predicted molar refractivity (Wildman–Crippen MR) is 141 cm³/mol. The molecular weight excluding hydrogens is 457 g/mol. The highest BCUT2D eigenvalue weighted by Crippen LogP contribution is 2.30. The number of benzene rings is 2. The predicted octanol–water partition coefficient (Wildman–Crippen LogP) is 4.45. The van der Waals surface area contributed by atoms with E-state index in [0.717, 1.165) is 42.7 Å². The van der Waals surface area contributed by atoms with E-state index < -0.39 is 0 Å². The average molecular weight is 484 g/mol. The Morgan fingerprint density at radius 1 is 1.06 bits per heavy atom. The molecule has 0 atom stereocenters.